The molecule has 0 aromatic heterocycles. The van der Waals surface area contributed by atoms with Gasteiger partial charge < -0.3 is 17.2 Å². The molecule has 0 amide bonds. The predicted molar refractivity (Wildman–Crippen MR) is 101 cm³/mol. The van der Waals surface area contributed by atoms with Gasteiger partial charge in [-0.25, -0.2) is 0 Å². The largest absolute Gasteiger partial charge is 0.398 e. The number of nitrogens with two attached hydrogens (primary N) is 3. The molecule has 0 aliphatic carbocycles. The Morgan fingerprint density at radius 1 is 0.435 bits per heavy atom. The molecule has 0 aliphatic heterocycles. The summed E-state index contributed by atoms with van der Waals surface area (Å²) < 4.78 is 0. The summed E-state index contributed by atoms with van der Waals surface area (Å²) in [6.07, 6.45) is 0. The van der Waals surface area contributed by atoms with E-state index in [9.17, 15) is 0 Å². The SMILES string of the molecule is Nc1cccc2cccc(N)c12.Nc1cccc2ccccc12. The second kappa shape index (κ2) is 6.28. The van der Waals surface area contributed by atoms with Gasteiger partial charge in [-0.15, -0.1) is 0 Å². The summed E-state index contributed by atoms with van der Waals surface area (Å²) in [5.41, 5.74) is 19.6. The van der Waals surface area contributed by atoms with Crippen LogP contribution in [0.3, 0.4) is 0 Å². The molecule has 0 unspecified atom stereocenters. The third-order valence-corrected chi connectivity index (χ3v) is 3.79. The molecule has 0 aliphatic rings. The normalized spacial score (nSPS) is 10.3. The van der Waals surface area contributed by atoms with E-state index < -0.39 is 0 Å². The quantitative estimate of drug-likeness (QED) is 0.420. The molecule has 23 heavy (non-hydrogen) atoms. The fourth-order valence-corrected chi connectivity index (χ4v) is 2.65. The van der Waals surface area contributed by atoms with Crippen molar-refractivity contribution >= 4 is 38.6 Å². The summed E-state index contributed by atoms with van der Waals surface area (Å²) >= 11 is 0. The van der Waals surface area contributed by atoms with Crippen molar-refractivity contribution in [1.29, 1.82) is 0 Å². The predicted octanol–water partition coefficient (Wildman–Crippen LogP) is 4.43. The molecule has 4 aromatic carbocycles. The minimum absolute atomic E-state index is 0.741. The van der Waals surface area contributed by atoms with E-state index in [-0.39, 0.29) is 0 Å². The Morgan fingerprint density at radius 2 is 0.913 bits per heavy atom. The van der Waals surface area contributed by atoms with Gasteiger partial charge in [0.1, 0.15) is 0 Å². The van der Waals surface area contributed by atoms with Gasteiger partial charge >= 0.3 is 0 Å². The van der Waals surface area contributed by atoms with E-state index in [0.717, 1.165) is 33.2 Å². The van der Waals surface area contributed by atoms with Crippen molar-refractivity contribution in [3.05, 3.63) is 78.9 Å². The highest BCUT2D eigenvalue weighted by Crippen LogP contribution is 2.26. The zero-order valence-electron chi connectivity index (χ0n) is 12.7. The molecular formula is C20H19N3. The second-order valence-corrected chi connectivity index (χ2v) is 5.36. The molecule has 0 atom stereocenters. The minimum Gasteiger partial charge on any atom is -0.398 e. The lowest BCUT2D eigenvalue weighted by molar-refractivity contribution is 1.71. The summed E-state index contributed by atoms with van der Waals surface area (Å²) in [7, 11) is 0. The minimum atomic E-state index is 0.741. The number of hydrogen-bond acceptors (Lipinski definition) is 3. The van der Waals surface area contributed by atoms with E-state index >= 15 is 0 Å². The molecule has 4 aromatic rings. The van der Waals surface area contributed by atoms with Crippen molar-refractivity contribution in [2.24, 2.45) is 0 Å². The van der Waals surface area contributed by atoms with Crippen LogP contribution in [-0.4, -0.2) is 0 Å². The van der Waals surface area contributed by atoms with Gasteiger partial charge in [0.25, 0.3) is 0 Å². The fraction of sp³-hybridized carbons (Fsp3) is 0. The molecule has 0 bridgehead atoms. The first-order valence-corrected chi connectivity index (χ1v) is 7.43. The molecule has 0 spiro atoms. The molecule has 114 valence electrons. The Balaban J connectivity index is 0.000000136. The number of fused-ring (bicyclic) bond motifs is 2. The van der Waals surface area contributed by atoms with E-state index in [1.807, 2.05) is 66.7 Å². The molecule has 0 saturated carbocycles. The van der Waals surface area contributed by atoms with Crippen LogP contribution in [0.2, 0.25) is 0 Å². The van der Waals surface area contributed by atoms with E-state index in [2.05, 4.69) is 12.1 Å². The Labute approximate surface area is 135 Å². The average Bonchev–Trinajstić information content (AvgIpc) is 2.56. The first-order valence-electron chi connectivity index (χ1n) is 7.43. The first-order chi connectivity index (χ1) is 11.2. The van der Waals surface area contributed by atoms with Crippen LogP contribution in [-0.2, 0) is 0 Å². The molecule has 3 heteroatoms. The van der Waals surface area contributed by atoms with Gasteiger partial charge in [-0.2, -0.15) is 0 Å². The van der Waals surface area contributed by atoms with Gasteiger partial charge in [-0.1, -0.05) is 60.7 Å². The summed E-state index contributed by atoms with van der Waals surface area (Å²) in [5.74, 6) is 0. The number of anilines is 3. The summed E-state index contributed by atoms with van der Waals surface area (Å²) in [5, 5.41) is 4.39. The number of hydrogen-bond donors (Lipinski definition) is 3. The van der Waals surface area contributed by atoms with E-state index in [4.69, 9.17) is 17.2 Å². The third kappa shape index (κ3) is 3.04. The standard InChI is InChI=1S/C10H10N2.C10H9N/c11-8-5-1-3-7-4-2-6-9(12)10(7)8;11-10-7-3-5-8-4-1-2-6-9(8)10/h1-6H,11-12H2;1-7H,11H2. The summed E-state index contributed by atoms with van der Waals surface area (Å²) in [4.78, 5) is 0. The van der Waals surface area contributed by atoms with Crippen LogP contribution in [0.4, 0.5) is 17.1 Å². The Kier molecular flexibility index (Phi) is 4.02. The Hall–Kier alpha value is -3.20. The smallest absolute Gasteiger partial charge is 0.0414 e. The maximum absolute atomic E-state index is 5.78. The van der Waals surface area contributed by atoms with Crippen molar-refractivity contribution in [2.45, 2.75) is 0 Å². The highest BCUT2D eigenvalue weighted by molar-refractivity contribution is 6.01. The molecule has 6 N–H and O–H groups in total. The van der Waals surface area contributed by atoms with Gasteiger partial charge in [0.05, 0.1) is 0 Å². The van der Waals surface area contributed by atoms with Crippen LogP contribution in [0.15, 0.2) is 78.9 Å². The van der Waals surface area contributed by atoms with E-state index in [0.29, 0.717) is 0 Å². The van der Waals surface area contributed by atoms with Crippen LogP contribution >= 0.6 is 0 Å². The highest BCUT2D eigenvalue weighted by Gasteiger charge is 1.99. The lowest BCUT2D eigenvalue weighted by Crippen LogP contribution is -1.91. The van der Waals surface area contributed by atoms with Crippen LogP contribution in [0.25, 0.3) is 21.5 Å². The monoisotopic (exact) mass is 301 g/mol. The molecule has 0 heterocycles. The number of benzene rings is 4. The third-order valence-electron chi connectivity index (χ3n) is 3.79. The van der Waals surface area contributed by atoms with Crippen molar-refractivity contribution in [2.75, 3.05) is 17.2 Å². The van der Waals surface area contributed by atoms with Crippen LogP contribution in [0.1, 0.15) is 0 Å². The van der Waals surface area contributed by atoms with E-state index in [1.165, 1.54) is 5.39 Å². The van der Waals surface area contributed by atoms with Gasteiger partial charge in [-0.3, -0.25) is 0 Å². The topological polar surface area (TPSA) is 78.1 Å². The maximum atomic E-state index is 5.78. The molecule has 0 saturated heterocycles. The Morgan fingerprint density at radius 3 is 1.48 bits per heavy atom. The van der Waals surface area contributed by atoms with Gasteiger partial charge in [0.2, 0.25) is 0 Å². The van der Waals surface area contributed by atoms with Gasteiger partial charge in [0.15, 0.2) is 0 Å². The number of rotatable bonds is 0. The van der Waals surface area contributed by atoms with Crippen LogP contribution < -0.4 is 17.2 Å². The Bertz CT molecular complexity index is 919. The van der Waals surface area contributed by atoms with Crippen LogP contribution in [0, 0.1) is 0 Å². The molecular weight excluding hydrogens is 282 g/mol. The molecule has 3 nitrogen and oxygen atoms in total. The zero-order valence-corrected chi connectivity index (χ0v) is 12.7. The lowest BCUT2D eigenvalue weighted by atomic mass is 10.1. The molecule has 4 rings (SSSR count). The fourth-order valence-electron chi connectivity index (χ4n) is 2.65. The van der Waals surface area contributed by atoms with Crippen molar-refractivity contribution in [3.63, 3.8) is 0 Å². The van der Waals surface area contributed by atoms with Crippen molar-refractivity contribution < 1.29 is 0 Å². The van der Waals surface area contributed by atoms with Crippen molar-refractivity contribution in [1.82, 2.24) is 0 Å². The molecule has 0 radical (unpaired) electrons. The first kappa shape index (κ1) is 14.7. The van der Waals surface area contributed by atoms with E-state index in [1.54, 1.807) is 0 Å². The van der Waals surface area contributed by atoms with Crippen LogP contribution in [0.5, 0.6) is 0 Å². The lowest BCUT2D eigenvalue weighted by Gasteiger charge is -2.03. The molecule has 0 fully saturated rings. The number of nitrogen functional groups attached to an aromatic ring is 3. The average molecular weight is 301 g/mol. The second-order valence-electron chi connectivity index (χ2n) is 5.36. The zero-order chi connectivity index (χ0) is 16.2. The summed E-state index contributed by atoms with van der Waals surface area (Å²) in [6, 6.07) is 25.6. The maximum Gasteiger partial charge on any atom is 0.0414 e. The van der Waals surface area contributed by atoms with Gasteiger partial charge in [-0.05, 0) is 29.0 Å². The summed E-state index contributed by atoms with van der Waals surface area (Å²) in [6.45, 7) is 0. The van der Waals surface area contributed by atoms with Gasteiger partial charge in [0, 0.05) is 27.8 Å². The van der Waals surface area contributed by atoms with Crippen molar-refractivity contribution in [3.8, 4) is 0 Å². The highest BCUT2D eigenvalue weighted by atomic mass is 14.6.